The second kappa shape index (κ2) is 3.46. The number of rotatable bonds is 1. The lowest BCUT2D eigenvalue weighted by atomic mass is 10.8. The molecule has 3 nitrogen and oxygen atoms in total. The van der Waals surface area contributed by atoms with E-state index in [9.17, 15) is 4.79 Å². The number of hydrogen-bond acceptors (Lipinski definition) is 2. The van der Waals surface area contributed by atoms with Crippen molar-refractivity contribution in [2.24, 2.45) is 0 Å². The van der Waals surface area contributed by atoms with Crippen LogP contribution in [0.15, 0.2) is 0 Å². The molecule has 0 aromatic heterocycles. The molecule has 0 aromatic carbocycles. The molecule has 1 N–H and O–H groups in total. The van der Waals surface area contributed by atoms with Crippen LogP contribution in [-0.4, -0.2) is 12.6 Å². The van der Waals surface area contributed by atoms with Gasteiger partial charge in [0, 0.05) is 6.54 Å². The van der Waals surface area contributed by atoms with E-state index in [2.05, 4.69) is 17.2 Å². The van der Waals surface area contributed by atoms with Crippen molar-refractivity contribution in [3.05, 3.63) is 7.11 Å². The van der Waals surface area contributed by atoms with Gasteiger partial charge >= 0.3 is 6.09 Å². The average molecular weight is 102 g/mol. The fraction of sp³-hybridized carbons (Fsp3) is 0.500. The minimum absolute atomic E-state index is 0.484. The van der Waals surface area contributed by atoms with Crippen LogP contribution >= 0.6 is 0 Å². The maximum atomic E-state index is 10.0. The zero-order chi connectivity index (χ0) is 5.70. The quantitative estimate of drug-likeness (QED) is 0.524. The summed E-state index contributed by atoms with van der Waals surface area (Å²) >= 11 is 0. The molecular formula is C4H8NO2. The van der Waals surface area contributed by atoms with Crippen LogP contribution in [0.1, 0.15) is 6.92 Å². The van der Waals surface area contributed by atoms with Gasteiger partial charge in [0.15, 0.2) is 0 Å². The second-order valence-electron chi connectivity index (χ2n) is 0.962. The number of alkyl carbamates (subject to hydrolysis) is 1. The summed E-state index contributed by atoms with van der Waals surface area (Å²) in [7, 11) is 2.89. The maximum Gasteiger partial charge on any atom is 0.407 e. The van der Waals surface area contributed by atoms with Gasteiger partial charge in [-0.15, -0.1) is 0 Å². The smallest absolute Gasteiger partial charge is 0.407 e. The highest BCUT2D eigenvalue weighted by molar-refractivity contribution is 5.66. The first-order chi connectivity index (χ1) is 3.31. The first kappa shape index (κ1) is 6.27. The normalized spacial score (nSPS) is 7.71. The van der Waals surface area contributed by atoms with Crippen LogP contribution in [0.3, 0.4) is 0 Å². The third-order valence-corrected chi connectivity index (χ3v) is 0.452. The summed E-state index contributed by atoms with van der Waals surface area (Å²) < 4.78 is 3.99. The first-order valence-electron chi connectivity index (χ1n) is 2.01. The Balaban J connectivity index is 3.00. The highest BCUT2D eigenvalue weighted by Gasteiger charge is 1.89. The van der Waals surface area contributed by atoms with Crippen molar-refractivity contribution >= 4 is 6.09 Å². The molecular weight excluding hydrogens is 94.0 g/mol. The molecule has 0 bridgehead atoms. The molecule has 1 amide bonds. The largest absolute Gasteiger partial charge is 0.446 e. The van der Waals surface area contributed by atoms with Crippen molar-refractivity contribution in [3.8, 4) is 0 Å². The Labute approximate surface area is 42.7 Å². The van der Waals surface area contributed by atoms with E-state index in [1.165, 1.54) is 0 Å². The van der Waals surface area contributed by atoms with Crippen molar-refractivity contribution in [2.75, 3.05) is 6.54 Å². The van der Waals surface area contributed by atoms with Gasteiger partial charge in [-0.25, -0.2) is 4.79 Å². The number of carbonyl (C=O) groups is 1. The van der Waals surface area contributed by atoms with Crippen molar-refractivity contribution < 1.29 is 9.53 Å². The highest BCUT2D eigenvalue weighted by atomic mass is 16.5. The van der Waals surface area contributed by atoms with Gasteiger partial charge in [-0.1, -0.05) is 0 Å². The van der Waals surface area contributed by atoms with Crippen LogP contribution in [0.4, 0.5) is 4.79 Å². The summed E-state index contributed by atoms with van der Waals surface area (Å²) in [6.45, 7) is 2.38. The lowest BCUT2D eigenvalue weighted by Gasteiger charge is -1.94. The lowest BCUT2D eigenvalue weighted by Crippen LogP contribution is -2.21. The Morgan fingerprint density at radius 3 is 2.71 bits per heavy atom. The third kappa shape index (κ3) is 3.09. The van der Waals surface area contributed by atoms with Crippen LogP contribution in [0.5, 0.6) is 0 Å². The van der Waals surface area contributed by atoms with E-state index in [1.807, 2.05) is 0 Å². The summed E-state index contributed by atoms with van der Waals surface area (Å²) in [4.78, 5) is 10.0. The standard InChI is InChI=1S/C4H8NO2/c1-3-5-4(6)7-2/h2-3H2,1H3,(H,5,6). The second-order valence-corrected chi connectivity index (χ2v) is 0.962. The molecule has 41 valence electrons. The fourth-order valence-electron chi connectivity index (χ4n) is 0.195. The molecule has 1 radical (unpaired) electrons. The van der Waals surface area contributed by atoms with Crippen molar-refractivity contribution in [3.63, 3.8) is 0 Å². The lowest BCUT2D eigenvalue weighted by molar-refractivity contribution is 0.184. The Morgan fingerprint density at radius 2 is 2.57 bits per heavy atom. The van der Waals surface area contributed by atoms with Gasteiger partial charge in [-0.2, -0.15) is 0 Å². The van der Waals surface area contributed by atoms with E-state index in [-0.39, 0.29) is 0 Å². The molecule has 0 rings (SSSR count). The Morgan fingerprint density at radius 1 is 2.00 bits per heavy atom. The molecule has 0 spiro atoms. The Bertz CT molecular complexity index is 62.7. The molecule has 7 heavy (non-hydrogen) atoms. The predicted molar refractivity (Wildman–Crippen MR) is 25.5 cm³/mol. The number of ether oxygens (including phenoxy) is 1. The monoisotopic (exact) mass is 102 g/mol. The van der Waals surface area contributed by atoms with Gasteiger partial charge in [0.2, 0.25) is 0 Å². The molecule has 0 aliphatic heterocycles. The van der Waals surface area contributed by atoms with Crippen molar-refractivity contribution in [1.82, 2.24) is 5.32 Å². The van der Waals surface area contributed by atoms with Gasteiger partial charge in [-0.3, -0.25) is 0 Å². The summed E-state index contributed by atoms with van der Waals surface area (Å²) in [6.07, 6.45) is -0.484. The van der Waals surface area contributed by atoms with Gasteiger partial charge in [0.25, 0.3) is 0 Å². The van der Waals surface area contributed by atoms with Crippen LogP contribution in [0.2, 0.25) is 0 Å². The number of amides is 1. The zero-order valence-electron chi connectivity index (χ0n) is 4.23. The summed E-state index contributed by atoms with van der Waals surface area (Å²) in [5.41, 5.74) is 0. The fourth-order valence-corrected chi connectivity index (χ4v) is 0.195. The maximum absolute atomic E-state index is 10.0. The summed E-state index contributed by atoms with van der Waals surface area (Å²) in [5.74, 6) is 0. The molecule has 0 heterocycles. The number of nitrogens with one attached hydrogen (secondary N) is 1. The van der Waals surface area contributed by atoms with E-state index in [4.69, 9.17) is 0 Å². The molecule has 0 saturated carbocycles. The zero-order valence-corrected chi connectivity index (χ0v) is 4.23. The topological polar surface area (TPSA) is 38.3 Å². The van der Waals surface area contributed by atoms with Gasteiger partial charge in [0.1, 0.15) is 7.11 Å². The molecule has 0 aliphatic rings. The molecule has 0 unspecified atom stereocenters. The van der Waals surface area contributed by atoms with Crippen LogP contribution in [-0.2, 0) is 4.74 Å². The minimum atomic E-state index is -0.484. The van der Waals surface area contributed by atoms with Crippen LogP contribution in [0, 0.1) is 7.11 Å². The SMILES string of the molecule is [CH2]OC(=O)NCC. The molecule has 0 saturated heterocycles. The Kier molecular flexibility index (Phi) is 3.10. The van der Waals surface area contributed by atoms with Gasteiger partial charge < -0.3 is 10.1 Å². The average Bonchev–Trinajstić information content (AvgIpc) is 1.68. The molecule has 0 aliphatic carbocycles. The van der Waals surface area contributed by atoms with E-state index in [1.54, 1.807) is 6.92 Å². The van der Waals surface area contributed by atoms with Gasteiger partial charge in [-0.05, 0) is 6.92 Å². The van der Waals surface area contributed by atoms with Crippen LogP contribution < -0.4 is 5.32 Å². The van der Waals surface area contributed by atoms with Crippen LogP contribution in [0.25, 0.3) is 0 Å². The molecule has 0 fully saturated rings. The number of hydrogen-bond donors (Lipinski definition) is 1. The third-order valence-electron chi connectivity index (χ3n) is 0.452. The summed E-state index contributed by atoms with van der Waals surface area (Å²) in [5, 5.41) is 2.37. The van der Waals surface area contributed by atoms with Gasteiger partial charge in [0.05, 0.1) is 0 Å². The number of carbonyl (C=O) groups excluding carboxylic acids is 1. The van der Waals surface area contributed by atoms with Crippen molar-refractivity contribution in [1.29, 1.82) is 0 Å². The predicted octanol–water partition coefficient (Wildman–Crippen LogP) is 0.524. The Hall–Kier alpha value is -0.730. The molecule has 0 aromatic rings. The molecule has 0 atom stereocenters. The molecule has 3 heteroatoms. The van der Waals surface area contributed by atoms with E-state index < -0.39 is 6.09 Å². The summed E-state index contributed by atoms with van der Waals surface area (Å²) in [6, 6.07) is 0. The van der Waals surface area contributed by atoms with Crippen molar-refractivity contribution in [2.45, 2.75) is 6.92 Å². The van der Waals surface area contributed by atoms with E-state index in [0.29, 0.717) is 6.54 Å². The highest BCUT2D eigenvalue weighted by Crippen LogP contribution is 1.68. The minimum Gasteiger partial charge on any atom is -0.446 e. The first-order valence-corrected chi connectivity index (χ1v) is 2.01. The van der Waals surface area contributed by atoms with E-state index >= 15 is 0 Å². The van der Waals surface area contributed by atoms with E-state index in [0.717, 1.165) is 0 Å².